The first-order valence-corrected chi connectivity index (χ1v) is 9.23. The summed E-state index contributed by atoms with van der Waals surface area (Å²) in [4.78, 5) is 6.39. The Bertz CT molecular complexity index is 972. The summed E-state index contributed by atoms with van der Waals surface area (Å²) in [5, 5.41) is 17.6. The second-order valence-corrected chi connectivity index (χ2v) is 7.08. The molecule has 0 radical (unpaired) electrons. The number of imidazole rings is 1. The van der Waals surface area contributed by atoms with E-state index in [0.717, 1.165) is 6.07 Å². The van der Waals surface area contributed by atoms with Gasteiger partial charge in [0.25, 0.3) is 0 Å². The normalized spacial score (nSPS) is 15.2. The second-order valence-electron chi connectivity index (χ2n) is 7.08. The fourth-order valence-corrected chi connectivity index (χ4v) is 3.30. The zero-order valence-corrected chi connectivity index (χ0v) is 16.2. The molecule has 0 bridgehead atoms. The lowest BCUT2D eigenvalue weighted by Crippen LogP contribution is -2.24. The summed E-state index contributed by atoms with van der Waals surface area (Å²) >= 11 is 0. The third-order valence-corrected chi connectivity index (χ3v) is 4.80. The summed E-state index contributed by atoms with van der Waals surface area (Å²) < 4.78 is 39.8. The Kier molecular flexibility index (Phi) is 5.92. The number of hydrogen-bond acceptors (Lipinski definition) is 6. The minimum absolute atomic E-state index is 0.0813. The molecule has 4 rings (SSSR count). The average Bonchev–Trinajstić information content (AvgIpc) is 3.14. The molecular weight excluding hydrogens is 385 g/mol. The number of nitrogens with two attached hydrogens (primary N) is 1. The van der Waals surface area contributed by atoms with Crippen molar-refractivity contribution in [3.63, 3.8) is 0 Å². The highest BCUT2D eigenvalue weighted by Crippen LogP contribution is 2.38. The van der Waals surface area contributed by atoms with Crippen LogP contribution in [0.2, 0.25) is 0 Å². The largest absolute Gasteiger partial charge is 0.507 e. The molecule has 29 heavy (non-hydrogen) atoms. The van der Waals surface area contributed by atoms with E-state index >= 15 is 0 Å². The van der Waals surface area contributed by atoms with E-state index in [1.54, 1.807) is 0 Å². The quantitative estimate of drug-likeness (QED) is 0.640. The molecule has 1 aromatic carbocycles. The molecule has 0 amide bonds. The van der Waals surface area contributed by atoms with Gasteiger partial charge < -0.3 is 15.7 Å². The first-order valence-electron chi connectivity index (χ1n) is 9.23. The molecule has 1 aliphatic heterocycles. The van der Waals surface area contributed by atoms with E-state index in [1.165, 1.54) is 56.1 Å². The number of nitrogens with zero attached hydrogens (tertiary/aromatic N) is 5. The van der Waals surface area contributed by atoms with Gasteiger partial charge >= 0.3 is 6.18 Å². The third-order valence-electron chi connectivity index (χ3n) is 4.80. The van der Waals surface area contributed by atoms with Gasteiger partial charge in [-0.05, 0) is 57.6 Å². The number of halogens is 3. The van der Waals surface area contributed by atoms with Gasteiger partial charge in [-0.25, -0.2) is 4.98 Å². The average molecular weight is 408 g/mol. The number of rotatable bonds is 1. The molecule has 1 aliphatic rings. The molecule has 2 aromatic heterocycles. The van der Waals surface area contributed by atoms with Crippen LogP contribution in [0.15, 0.2) is 24.5 Å². The Labute approximate surface area is 166 Å². The van der Waals surface area contributed by atoms with Crippen LogP contribution < -0.4 is 5.73 Å². The van der Waals surface area contributed by atoms with Crippen LogP contribution >= 0.6 is 0 Å². The summed E-state index contributed by atoms with van der Waals surface area (Å²) in [7, 11) is 2.19. The van der Waals surface area contributed by atoms with Gasteiger partial charge in [-0.1, -0.05) is 6.42 Å². The second kappa shape index (κ2) is 8.24. The number of phenols is 1. The summed E-state index contributed by atoms with van der Waals surface area (Å²) in [5.41, 5.74) is 5.36. The highest BCUT2D eigenvalue weighted by atomic mass is 19.4. The molecule has 1 fully saturated rings. The fourth-order valence-electron chi connectivity index (χ4n) is 3.30. The Hall–Kier alpha value is -2.88. The van der Waals surface area contributed by atoms with E-state index in [9.17, 15) is 18.3 Å². The molecule has 156 valence electrons. The maximum absolute atomic E-state index is 12.8. The van der Waals surface area contributed by atoms with E-state index in [-0.39, 0.29) is 22.8 Å². The number of fused-ring (bicyclic) bond motifs is 1. The first kappa shape index (κ1) is 20.8. The molecule has 3 aromatic rings. The van der Waals surface area contributed by atoms with E-state index in [2.05, 4.69) is 27.1 Å². The highest BCUT2D eigenvalue weighted by Gasteiger charge is 2.32. The predicted molar refractivity (Wildman–Crippen MR) is 103 cm³/mol. The van der Waals surface area contributed by atoms with Crippen LogP contribution in [0, 0.1) is 6.92 Å². The van der Waals surface area contributed by atoms with Gasteiger partial charge in [0, 0.05) is 12.4 Å². The molecule has 1 saturated heterocycles. The van der Waals surface area contributed by atoms with Crippen LogP contribution in [0.5, 0.6) is 5.75 Å². The van der Waals surface area contributed by atoms with Crippen molar-refractivity contribution in [1.29, 1.82) is 0 Å². The lowest BCUT2D eigenvalue weighted by atomic mass is 10.0. The van der Waals surface area contributed by atoms with Crippen molar-refractivity contribution in [2.75, 3.05) is 25.9 Å². The van der Waals surface area contributed by atoms with Gasteiger partial charge in [0.2, 0.25) is 0 Å². The predicted octanol–water partition coefficient (Wildman–Crippen LogP) is 3.51. The molecule has 3 heterocycles. The molecule has 7 nitrogen and oxygen atoms in total. The number of piperidine rings is 1. The summed E-state index contributed by atoms with van der Waals surface area (Å²) in [6.07, 6.45) is 2.72. The van der Waals surface area contributed by atoms with Gasteiger partial charge in [-0.15, -0.1) is 10.2 Å². The number of aryl methyl sites for hydroxylation is 1. The number of anilines is 1. The zero-order valence-electron chi connectivity index (χ0n) is 16.2. The van der Waals surface area contributed by atoms with Crippen molar-refractivity contribution in [3.05, 3.63) is 35.7 Å². The van der Waals surface area contributed by atoms with E-state index in [4.69, 9.17) is 5.73 Å². The van der Waals surface area contributed by atoms with Gasteiger partial charge in [-0.2, -0.15) is 13.2 Å². The maximum Gasteiger partial charge on any atom is 0.416 e. The number of nitrogen functional groups attached to an aromatic ring is 1. The van der Waals surface area contributed by atoms with Crippen molar-refractivity contribution in [2.45, 2.75) is 32.4 Å². The van der Waals surface area contributed by atoms with Crippen molar-refractivity contribution in [1.82, 2.24) is 24.5 Å². The van der Waals surface area contributed by atoms with Crippen LogP contribution in [0.25, 0.3) is 17.0 Å². The Balaban J connectivity index is 0.000000290. The van der Waals surface area contributed by atoms with Crippen molar-refractivity contribution in [3.8, 4) is 17.1 Å². The molecule has 0 saturated carbocycles. The molecule has 10 heteroatoms. The van der Waals surface area contributed by atoms with E-state index in [0.29, 0.717) is 11.7 Å². The maximum atomic E-state index is 12.8. The molecule has 0 spiro atoms. The third kappa shape index (κ3) is 4.58. The van der Waals surface area contributed by atoms with E-state index < -0.39 is 17.5 Å². The van der Waals surface area contributed by atoms with Crippen LogP contribution in [-0.2, 0) is 6.18 Å². The van der Waals surface area contributed by atoms with Crippen LogP contribution in [0.3, 0.4) is 0 Å². The number of phenolic OH excluding ortho intramolecular Hbond substituents is 1. The smallest absolute Gasteiger partial charge is 0.416 e. The first-order chi connectivity index (χ1) is 13.7. The van der Waals surface area contributed by atoms with Crippen molar-refractivity contribution in [2.24, 2.45) is 0 Å². The van der Waals surface area contributed by atoms with Gasteiger partial charge in [0.05, 0.1) is 11.1 Å². The number of alkyl halides is 3. The van der Waals surface area contributed by atoms with Crippen molar-refractivity contribution >= 4 is 11.5 Å². The standard InChI is InChI=1S/C13H10F3N5O.C6H13N/c1-6-4-7(13(14,15)16)5-8(22)9(6)11-20-19-10(17)12-18-2-3-21(11)12;1-7-5-3-2-4-6-7/h2-5,22H,1H3,(H2,17,19);2-6H2,1H3. The minimum atomic E-state index is -4.54. The minimum Gasteiger partial charge on any atom is -0.507 e. The topological polar surface area (TPSA) is 92.6 Å². The Morgan fingerprint density at radius 3 is 2.34 bits per heavy atom. The van der Waals surface area contributed by atoms with Crippen LogP contribution in [0.1, 0.15) is 30.4 Å². The SMILES string of the molecule is CN1CCCCC1.Cc1cc(C(F)(F)F)cc(O)c1-c1nnc(N)c2nccn12. The number of benzene rings is 1. The van der Waals surface area contributed by atoms with Crippen LogP contribution in [-0.4, -0.2) is 49.7 Å². The molecule has 0 aliphatic carbocycles. The summed E-state index contributed by atoms with van der Waals surface area (Å²) in [6.45, 7) is 4.09. The number of likely N-dealkylation sites (tertiary alicyclic amines) is 1. The molecule has 0 atom stereocenters. The molecular formula is C19H23F3N6O. The van der Waals surface area contributed by atoms with Crippen LogP contribution in [0.4, 0.5) is 19.0 Å². The van der Waals surface area contributed by atoms with Crippen molar-refractivity contribution < 1.29 is 18.3 Å². The van der Waals surface area contributed by atoms with Gasteiger partial charge in [0.15, 0.2) is 17.3 Å². The zero-order chi connectivity index (χ0) is 21.2. The fraction of sp³-hybridized carbons (Fsp3) is 0.421. The summed E-state index contributed by atoms with van der Waals surface area (Å²) in [6, 6.07) is 1.60. The lowest BCUT2D eigenvalue weighted by molar-refractivity contribution is -0.137. The monoisotopic (exact) mass is 408 g/mol. The molecule has 3 N–H and O–H groups in total. The Morgan fingerprint density at radius 2 is 1.79 bits per heavy atom. The number of hydrogen-bond donors (Lipinski definition) is 2. The van der Waals surface area contributed by atoms with Gasteiger partial charge in [-0.3, -0.25) is 4.40 Å². The summed E-state index contributed by atoms with van der Waals surface area (Å²) in [5.74, 6) is -0.301. The van der Waals surface area contributed by atoms with E-state index in [1.807, 2.05) is 0 Å². The number of aromatic hydroxyl groups is 1. The highest BCUT2D eigenvalue weighted by molar-refractivity contribution is 5.72. The lowest BCUT2D eigenvalue weighted by Gasteiger charge is -2.20. The molecule has 0 unspecified atom stereocenters. The Morgan fingerprint density at radius 1 is 1.10 bits per heavy atom. The van der Waals surface area contributed by atoms with Gasteiger partial charge in [0.1, 0.15) is 5.75 Å². The number of aromatic nitrogens is 4.